The molecule has 1 aromatic carbocycles. The quantitative estimate of drug-likeness (QED) is 0.946. The van der Waals surface area contributed by atoms with Crippen LogP contribution in [0.1, 0.15) is 5.69 Å². The Balaban J connectivity index is 1.48. The first-order valence-electron chi connectivity index (χ1n) is 7.54. The standard InChI is InChI=1S/C17H20N4O/c22-17(19-15-6-2-1-3-7-15)21-12-10-20(11-13-21)14-16-8-4-5-9-18-16/h1-9H,10-14H2,(H,19,22). The molecule has 0 bridgehead atoms. The normalized spacial score (nSPS) is 15.5. The molecule has 1 aliphatic rings. The van der Waals surface area contributed by atoms with Crippen LogP contribution in [-0.4, -0.2) is 47.0 Å². The summed E-state index contributed by atoms with van der Waals surface area (Å²) in [4.78, 5) is 20.8. The number of hydrogen-bond donors (Lipinski definition) is 1. The predicted octanol–water partition coefficient (Wildman–Crippen LogP) is 2.43. The van der Waals surface area contributed by atoms with Gasteiger partial charge in [0.1, 0.15) is 0 Å². The average Bonchev–Trinajstić information content (AvgIpc) is 2.57. The van der Waals surface area contributed by atoms with Crippen LogP contribution in [0.5, 0.6) is 0 Å². The van der Waals surface area contributed by atoms with Crippen molar-refractivity contribution in [2.24, 2.45) is 0 Å². The Morgan fingerprint density at radius 2 is 1.73 bits per heavy atom. The molecule has 0 unspecified atom stereocenters. The van der Waals surface area contributed by atoms with Crippen molar-refractivity contribution >= 4 is 11.7 Å². The molecule has 5 nitrogen and oxygen atoms in total. The highest BCUT2D eigenvalue weighted by Crippen LogP contribution is 2.10. The number of carbonyl (C=O) groups is 1. The van der Waals surface area contributed by atoms with E-state index in [9.17, 15) is 4.79 Å². The number of urea groups is 1. The van der Waals surface area contributed by atoms with Gasteiger partial charge in [-0.2, -0.15) is 0 Å². The summed E-state index contributed by atoms with van der Waals surface area (Å²) in [5.41, 5.74) is 1.91. The SMILES string of the molecule is O=C(Nc1ccccc1)N1CCN(Cc2ccccn2)CC1. The van der Waals surface area contributed by atoms with E-state index in [4.69, 9.17) is 0 Å². The number of piperazine rings is 1. The summed E-state index contributed by atoms with van der Waals surface area (Å²) in [5.74, 6) is 0. The Kier molecular flexibility index (Phi) is 4.65. The van der Waals surface area contributed by atoms with Crippen LogP contribution >= 0.6 is 0 Å². The molecule has 1 fully saturated rings. The molecular weight excluding hydrogens is 276 g/mol. The molecule has 2 heterocycles. The van der Waals surface area contributed by atoms with E-state index in [1.54, 1.807) is 0 Å². The molecule has 1 saturated heterocycles. The van der Waals surface area contributed by atoms with Crippen molar-refractivity contribution < 1.29 is 4.79 Å². The molecule has 1 N–H and O–H groups in total. The lowest BCUT2D eigenvalue weighted by molar-refractivity contribution is 0.142. The van der Waals surface area contributed by atoms with Crippen molar-refractivity contribution in [3.8, 4) is 0 Å². The van der Waals surface area contributed by atoms with Crippen molar-refractivity contribution in [2.75, 3.05) is 31.5 Å². The smallest absolute Gasteiger partial charge is 0.321 e. The van der Waals surface area contributed by atoms with Gasteiger partial charge in [0.25, 0.3) is 0 Å². The maximum atomic E-state index is 12.2. The van der Waals surface area contributed by atoms with Crippen LogP contribution in [0.2, 0.25) is 0 Å². The Hall–Kier alpha value is -2.40. The number of para-hydroxylation sites is 1. The van der Waals surface area contributed by atoms with E-state index in [0.717, 1.165) is 44.1 Å². The van der Waals surface area contributed by atoms with Gasteiger partial charge < -0.3 is 10.2 Å². The molecule has 1 aromatic heterocycles. The fourth-order valence-corrected chi connectivity index (χ4v) is 2.55. The minimum atomic E-state index is -0.0244. The Morgan fingerprint density at radius 1 is 1.00 bits per heavy atom. The van der Waals surface area contributed by atoms with Crippen LogP contribution in [-0.2, 0) is 6.54 Å². The fourth-order valence-electron chi connectivity index (χ4n) is 2.55. The molecule has 22 heavy (non-hydrogen) atoms. The van der Waals surface area contributed by atoms with E-state index < -0.39 is 0 Å². The number of benzene rings is 1. The average molecular weight is 296 g/mol. The summed E-state index contributed by atoms with van der Waals surface area (Å²) in [6.07, 6.45) is 1.82. The minimum absolute atomic E-state index is 0.0244. The van der Waals surface area contributed by atoms with Crippen LogP contribution in [0, 0.1) is 0 Å². The van der Waals surface area contributed by atoms with Crippen molar-refractivity contribution in [1.29, 1.82) is 0 Å². The third-order valence-corrected chi connectivity index (χ3v) is 3.80. The lowest BCUT2D eigenvalue weighted by Crippen LogP contribution is -2.49. The van der Waals surface area contributed by atoms with Gasteiger partial charge in [-0.1, -0.05) is 24.3 Å². The number of anilines is 1. The number of nitrogens with one attached hydrogen (secondary N) is 1. The number of aromatic nitrogens is 1. The molecule has 0 atom stereocenters. The second-order valence-corrected chi connectivity index (χ2v) is 5.38. The maximum Gasteiger partial charge on any atom is 0.321 e. The molecule has 0 saturated carbocycles. The fraction of sp³-hybridized carbons (Fsp3) is 0.294. The Labute approximate surface area is 130 Å². The number of carbonyl (C=O) groups excluding carboxylic acids is 1. The topological polar surface area (TPSA) is 48.5 Å². The molecule has 3 rings (SSSR count). The molecular formula is C17H20N4O. The third kappa shape index (κ3) is 3.83. The first kappa shape index (κ1) is 14.5. The van der Waals surface area contributed by atoms with Gasteiger partial charge >= 0.3 is 6.03 Å². The maximum absolute atomic E-state index is 12.2. The van der Waals surface area contributed by atoms with Crippen molar-refractivity contribution in [3.63, 3.8) is 0 Å². The van der Waals surface area contributed by atoms with E-state index in [1.165, 1.54) is 0 Å². The lowest BCUT2D eigenvalue weighted by Gasteiger charge is -2.34. The number of hydrogen-bond acceptors (Lipinski definition) is 3. The van der Waals surface area contributed by atoms with E-state index in [1.807, 2.05) is 59.6 Å². The van der Waals surface area contributed by atoms with Crippen molar-refractivity contribution in [3.05, 3.63) is 60.4 Å². The van der Waals surface area contributed by atoms with Gasteiger partial charge in [-0.25, -0.2) is 4.79 Å². The highest BCUT2D eigenvalue weighted by molar-refractivity contribution is 5.89. The van der Waals surface area contributed by atoms with E-state index in [-0.39, 0.29) is 6.03 Å². The molecule has 114 valence electrons. The van der Waals surface area contributed by atoms with E-state index in [0.29, 0.717) is 0 Å². The van der Waals surface area contributed by atoms with Crippen LogP contribution < -0.4 is 5.32 Å². The molecule has 2 amide bonds. The van der Waals surface area contributed by atoms with Gasteiger partial charge in [-0.15, -0.1) is 0 Å². The first-order chi connectivity index (χ1) is 10.8. The molecule has 0 spiro atoms. The largest absolute Gasteiger partial charge is 0.322 e. The monoisotopic (exact) mass is 296 g/mol. The van der Waals surface area contributed by atoms with Gasteiger partial charge in [-0.05, 0) is 24.3 Å². The highest BCUT2D eigenvalue weighted by atomic mass is 16.2. The van der Waals surface area contributed by atoms with Crippen LogP contribution in [0.15, 0.2) is 54.7 Å². The summed E-state index contributed by atoms with van der Waals surface area (Å²) in [6.45, 7) is 4.07. The van der Waals surface area contributed by atoms with Gasteiger partial charge in [0.05, 0.1) is 5.69 Å². The van der Waals surface area contributed by atoms with Gasteiger partial charge in [-0.3, -0.25) is 9.88 Å². The summed E-state index contributed by atoms with van der Waals surface area (Å²) in [6, 6.07) is 15.5. The van der Waals surface area contributed by atoms with Crippen LogP contribution in [0.3, 0.4) is 0 Å². The van der Waals surface area contributed by atoms with Crippen molar-refractivity contribution in [2.45, 2.75) is 6.54 Å². The summed E-state index contributed by atoms with van der Waals surface area (Å²) >= 11 is 0. The lowest BCUT2D eigenvalue weighted by atomic mass is 10.2. The number of amides is 2. The van der Waals surface area contributed by atoms with Gasteiger partial charge in [0.15, 0.2) is 0 Å². The van der Waals surface area contributed by atoms with E-state index >= 15 is 0 Å². The highest BCUT2D eigenvalue weighted by Gasteiger charge is 2.21. The summed E-state index contributed by atoms with van der Waals surface area (Å²) in [5, 5.41) is 2.93. The van der Waals surface area contributed by atoms with Gasteiger partial charge in [0, 0.05) is 44.6 Å². The summed E-state index contributed by atoms with van der Waals surface area (Å²) < 4.78 is 0. The van der Waals surface area contributed by atoms with E-state index in [2.05, 4.69) is 15.2 Å². The molecule has 1 aliphatic heterocycles. The molecule has 2 aromatic rings. The Morgan fingerprint density at radius 3 is 2.41 bits per heavy atom. The Bertz CT molecular complexity index is 595. The number of rotatable bonds is 3. The zero-order chi connectivity index (χ0) is 15.2. The first-order valence-corrected chi connectivity index (χ1v) is 7.54. The molecule has 5 heteroatoms. The molecule has 0 radical (unpaired) electrons. The minimum Gasteiger partial charge on any atom is -0.322 e. The molecule has 0 aliphatic carbocycles. The number of nitrogens with zero attached hydrogens (tertiary/aromatic N) is 3. The second-order valence-electron chi connectivity index (χ2n) is 5.38. The zero-order valence-electron chi connectivity index (χ0n) is 12.5. The second kappa shape index (κ2) is 7.04. The van der Waals surface area contributed by atoms with Crippen molar-refractivity contribution in [1.82, 2.24) is 14.8 Å². The number of pyridine rings is 1. The predicted molar refractivity (Wildman–Crippen MR) is 86.5 cm³/mol. The summed E-state index contributed by atoms with van der Waals surface area (Å²) in [7, 11) is 0. The third-order valence-electron chi connectivity index (χ3n) is 3.80. The van der Waals surface area contributed by atoms with Crippen LogP contribution in [0.4, 0.5) is 10.5 Å². The van der Waals surface area contributed by atoms with Crippen LogP contribution in [0.25, 0.3) is 0 Å². The zero-order valence-corrected chi connectivity index (χ0v) is 12.5. The van der Waals surface area contributed by atoms with Gasteiger partial charge in [0.2, 0.25) is 0 Å².